The predicted molar refractivity (Wildman–Crippen MR) is 108 cm³/mol. The molecule has 1 aromatic carbocycles. The number of methoxy groups -OCH3 is 1. The zero-order valence-electron chi connectivity index (χ0n) is 16.4. The average Bonchev–Trinajstić information content (AvgIpc) is 2.74. The Labute approximate surface area is 171 Å². The highest BCUT2D eigenvalue weighted by atomic mass is 32.2. The van der Waals surface area contributed by atoms with Gasteiger partial charge in [-0.1, -0.05) is 30.3 Å². The van der Waals surface area contributed by atoms with Crippen LogP contribution in [0.2, 0.25) is 0 Å². The summed E-state index contributed by atoms with van der Waals surface area (Å²) < 4.78 is 37.3. The summed E-state index contributed by atoms with van der Waals surface area (Å²) in [4.78, 5) is 18.7. The summed E-state index contributed by atoms with van der Waals surface area (Å²) >= 11 is 0. The number of pyridine rings is 1. The number of nitrogens with zero attached hydrogens (tertiary/aromatic N) is 3. The summed E-state index contributed by atoms with van der Waals surface area (Å²) in [6, 6.07) is 12.4. The van der Waals surface area contributed by atoms with Crippen LogP contribution in [-0.2, 0) is 20.5 Å². The Balaban J connectivity index is 1.61. The van der Waals surface area contributed by atoms with Gasteiger partial charge in [0.2, 0.25) is 15.9 Å². The molecule has 0 atom stereocenters. The molecule has 0 radical (unpaired) electrons. The SMILES string of the molecule is COCCOc1ncccc1C(=O)N1CCN(S(=O)(=O)Cc2ccccc2)CC1. The molecule has 156 valence electrons. The summed E-state index contributed by atoms with van der Waals surface area (Å²) in [5.74, 6) is 0.00122. The van der Waals surface area contributed by atoms with Gasteiger partial charge in [0.1, 0.15) is 12.2 Å². The van der Waals surface area contributed by atoms with Crippen LogP contribution >= 0.6 is 0 Å². The number of aromatic nitrogens is 1. The first-order chi connectivity index (χ1) is 14.0. The fourth-order valence-corrected chi connectivity index (χ4v) is 4.62. The van der Waals surface area contributed by atoms with Crippen molar-refractivity contribution < 1.29 is 22.7 Å². The molecular formula is C20H25N3O5S. The van der Waals surface area contributed by atoms with Crippen molar-refractivity contribution in [3.8, 4) is 5.88 Å². The van der Waals surface area contributed by atoms with Crippen LogP contribution in [0.1, 0.15) is 15.9 Å². The second-order valence-corrected chi connectivity index (χ2v) is 8.60. The monoisotopic (exact) mass is 419 g/mol. The van der Waals surface area contributed by atoms with Gasteiger partial charge in [-0.25, -0.2) is 13.4 Å². The van der Waals surface area contributed by atoms with Gasteiger partial charge in [0.15, 0.2) is 0 Å². The molecule has 1 aromatic heterocycles. The molecule has 0 saturated carbocycles. The van der Waals surface area contributed by atoms with Crippen molar-refractivity contribution in [1.29, 1.82) is 0 Å². The zero-order chi connectivity index (χ0) is 20.7. The molecule has 9 heteroatoms. The van der Waals surface area contributed by atoms with E-state index in [0.717, 1.165) is 5.56 Å². The van der Waals surface area contributed by atoms with E-state index in [1.807, 2.05) is 18.2 Å². The van der Waals surface area contributed by atoms with Gasteiger partial charge in [0.05, 0.1) is 12.4 Å². The molecule has 8 nitrogen and oxygen atoms in total. The van der Waals surface area contributed by atoms with Crippen LogP contribution in [0.4, 0.5) is 0 Å². The van der Waals surface area contributed by atoms with E-state index in [1.165, 1.54) is 4.31 Å². The summed E-state index contributed by atoms with van der Waals surface area (Å²) in [5.41, 5.74) is 1.11. The molecule has 2 heterocycles. The van der Waals surface area contributed by atoms with Crippen LogP contribution in [0.15, 0.2) is 48.7 Å². The lowest BCUT2D eigenvalue weighted by molar-refractivity contribution is 0.0689. The van der Waals surface area contributed by atoms with E-state index in [9.17, 15) is 13.2 Å². The number of sulfonamides is 1. The molecule has 0 N–H and O–H groups in total. The molecule has 0 aliphatic carbocycles. The fourth-order valence-electron chi connectivity index (χ4n) is 3.11. The van der Waals surface area contributed by atoms with Crippen LogP contribution in [0, 0.1) is 0 Å². The first kappa shape index (κ1) is 21.2. The molecule has 1 amide bonds. The first-order valence-corrected chi connectivity index (χ1v) is 11.0. The third-order valence-corrected chi connectivity index (χ3v) is 6.49. The second kappa shape index (κ2) is 9.82. The highest BCUT2D eigenvalue weighted by molar-refractivity contribution is 7.88. The minimum atomic E-state index is -3.43. The Morgan fingerprint density at radius 3 is 2.45 bits per heavy atom. The maximum absolute atomic E-state index is 12.9. The normalized spacial score (nSPS) is 15.3. The Morgan fingerprint density at radius 1 is 1.03 bits per heavy atom. The van der Waals surface area contributed by atoms with E-state index in [0.29, 0.717) is 31.9 Å². The lowest BCUT2D eigenvalue weighted by atomic mass is 10.2. The Hall–Kier alpha value is -2.49. The number of piperazine rings is 1. The number of benzene rings is 1. The van der Waals surface area contributed by atoms with Crippen LogP contribution < -0.4 is 4.74 Å². The van der Waals surface area contributed by atoms with Crippen molar-refractivity contribution in [3.63, 3.8) is 0 Å². The van der Waals surface area contributed by atoms with Gasteiger partial charge in [-0.15, -0.1) is 0 Å². The Morgan fingerprint density at radius 2 is 1.76 bits per heavy atom. The number of carbonyl (C=O) groups is 1. The molecule has 1 saturated heterocycles. The predicted octanol–water partition coefficient (Wildman–Crippen LogP) is 1.39. The zero-order valence-corrected chi connectivity index (χ0v) is 17.2. The molecule has 1 fully saturated rings. The molecule has 1 aliphatic rings. The molecule has 3 rings (SSSR count). The average molecular weight is 420 g/mol. The fraction of sp³-hybridized carbons (Fsp3) is 0.400. The van der Waals surface area contributed by atoms with Gasteiger partial charge in [0, 0.05) is 39.5 Å². The first-order valence-electron chi connectivity index (χ1n) is 9.39. The third-order valence-electron chi connectivity index (χ3n) is 4.64. The van der Waals surface area contributed by atoms with E-state index in [4.69, 9.17) is 9.47 Å². The van der Waals surface area contributed by atoms with Gasteiger partial charge in [0.25, 0.3) is 5.91 Å². The van der Waals surface area contributed by atoms with Gasteiger partial charge >= 0.3 is 0 Å². The van der Waals surface area contributed by atoms with E-state index >= 15 is 0 Å². The highest BCUT2D eigenvalue weighted by Crippen LogP contribution is 2.19. The lowest BCUT2D eigenvalue weighted by Gasteiger charge is -2.34. The van der Waals surface area contributed by atoms with Crippen LogP contribution in [0.3, 0.4) is 0 Å². The highest BCUT2D eigenvalue weighted by Gasteiger charge is 2.30. The maximum Gasteiger partial charge on any atom is 0.259 e. The number of rotatable bonds is 8. The summed E-state index contributed by atoms with van der Waals surface area (Å²) in [6.07, 6.45) is 1.56. The van der Waals surface area contributed by atoms with Gasteiger partial charge in [-0.05, 0) is 17.7 Å². The van der Waals surface area contributed by atoms with Crippen molar-refractivity contribution >= 4 is 15.9 Å². The standard InChI is InChI=1S/C20H25N3O5S/c1-27-14-15-28-19-18(8-5-9-21-19)20(24)22-10-12-23(13-11-22)29(25,26)16-17-6-3-2-4-7-17/h2-9H,10-16H2,1H3. The topological polar surface area (TPSA) is 89.0 Å². The van der Waals surface area contributed by atoms with E-state index in [1.54, 1.807) is 42.5 Å². The molecule has 2 aromatic rings. The van der Waals surface area contributed by atoms with E-state index in [-0.39, 0.29) is 30.6 Å². The Kier molecular flexibility index (Phi) is 7.18. The van der Waals surface area contributed by atoms with E-state index < -0.39 is 10.0 Å². The van der Waals surface area contributed by atoms with Crippen molar-refractivity contribution in [2.75, 3.05) is 46.5 Å². The van der Waals surface area contributed by atoms with Crippen molar-refractivity contribution in [3.05, 3.63) is 59.8 Å². The van der Waals surface area contributed by atoms with Gasteiger partial charge < -0.3 is 14.4 Å². The number of hydrogen-bond donors (Lipinski definition) is 0. The molecule has 29 heavy (non-hydrogen) atoms. The Bertz CT molecular complexity index is 913. The minimum Gasteiger partial charge on any atom is -0.475 e. The quantitative estimate of drug-likeness (QED) is 0.601. The summed E-state index contributed by atoms with van der Waals surface area (Å²) in [6.45, 7) is 1.85. The summed E-state index contributed by atoms with van der Waals surface area (Å²) in [7, 11) is -1.86. The van der Waals surface area contributed by atoms with Crippen molar-refractivity contribution in [1.82, 2.24) is 14.2 Å². The number of carbonyl (C=O) groups excluding carboxylic acids is 1. The molecular weight excluding hydrogens is 394 g/mol. The smallest absolute Gasteiger partial charge is 0.259 e. The van der Waals surface area contributed by atoms with Crippen LogP contribution in [0.5, 0.6) is 5.88 Å². The molecule has 0 unspecified atom stereocenters. The largest absolute Gasteiger partial charge is 0.475 e. The third kappa shape index (κ3) is 5.53. The molecule has 0 spiro atoms. The van der Waals surface area contributed by atoms with Crippen LogP contribution in [-0.4, -0.2) is 75.0 Å². The number of hydrogen-bond acceptors (Lipinski definition) is 6. The molecule has 0 bridgehead atoms. The molecule has 1 aliphatic heterocycles. The van der Waals surface area contributed by atoms with Gasteiger partial charge in [-0.2, -0.15) is 4.31 Å². The summed E-state index contributed by atoms with van der Waals surface area (Å²) in [5, 5.41) is 0. The lowest BCUT2D eigenvalue weighted by Crippen LogP contribution is -2.50. The van der Waals surface area contributed by atoms with Crippen molar-refractivity contribution in [2.45, 2.75) is 5.75 Å². The van der Waals surface area contributed by atoms with Gasteiger partial charge in [-0.3, -0.25) is 4.79 Å². The van der Waals surface area contributed by atoms with E-state index in [2.05, 4.69) is 4.98 Å². The number of amides is 1. The number of ether oxygens (including phenoxy) is 2. The maximum atomic E-state index is 12.9. The minimum absolute atomic E-state index is 0.0398. The second-order valence-electron chi connectivity index (χ2n) is 6.63. The van der Waals surface area contributed by atoms with Crippen LogP contribution in [0.25, 0.3) is 0 Å². The van der Waals surface area contributed by atoms with Crippen molar-refractivity contribution in [2.24, 2.45) is 0 Å².